The van der Waals surface area contributed by atoms with Gasteiger partial charge in [-0.2, -0.15) is 0 Å². The molecule has 0 fully saturated rings. The lowest BCUT2D eigenvalue weighted by Crippen LogP contribution is -2.52. The second-order valence-electron chi connectivity index (χ2n) is 6.17. The molecule has 0 aromatic heterocycles. The molecule has 3 rings (SSSR count). The highest BCUT2D eigenvalue weighted by atomic mass is 15.3. The van der Waals surface area contributed by atoms with E-state index in [9.17, 15) is 0 Å². The van der Waals surface area contributed by atoms with E-state index in [0.29, 0.717) is 0 Å². The molecule has 0 spiro atoms. The highest BCUT2D eigenvalue weighted by Gasteiger charge is 2.37. The quantitative estimate of drug-likeness (QED) is 0.828. The van der Waals surface area contributed by atoms with Crippen molar-refractivity contribution in [1.29, 1.82) is 0 Å². The zero-order valence-electron chi connectivity index (χ0n) is 12.0. The van der Waals surface area contributed by atoms with Crippen LogP contribution in [0, 0.1) is 0 Å². The normalized spacial score (nSPS) is 25.6. The van der Waals surface area contributed by atoms with Crippen LogP contribution in [-0.4, -0.2) is 26.7 Å². The van der Waals surface area contributed by atoms with Gasteiger partial charge in [-0.3, -0.25) is 4.48 Å². The van der Waals surface area contributed by atoms with Crippen molar-refractivity contribution in [2.24, 2.45) is 5.73 Å². The molecule has 0 radical (unpaired) electrons. The van der Waals surface area contributed by atoms with Gasteiger partial charge in [-0.25, -0.2) is 0 Å². The number of rotatable bonds is 3. The first-order chi connectivity index (χ1) is 9.24. The van der Waals surface area contributed by atoms with Crippen LogP contribution in [0.2, 0.25) is 0 Å². The summed E-state index contributed by atoms with van der Waals surface area (Å²) in [5, 5.41) is 0. The van der Waals surface area contributed by atoms with Crippen molar-refractivity contribution < 1.29 is 0 Å². The first-order valence-corrected chi connectivity index (χ1v) is 7.61. The Morgan fingerprint density at radius 1 is 1.21 bits per heavy atom. The molecule has 2 aliphatic heterocycles. The Balaban J connectivity index is 2.06. The Kier molecular flexibility index (Phi) is 3.46. The molecule has 2 N–H and O–H groups in total. The summed E-state index contributed by atoms with van der Waals surface area (Å²) in [6.07, 6.45) is 10.7. The molecule has 1 aromatic carbocycles. The molecule has 1 aromatic rings. The molecule has 2 nitrogen and oxygen atoms in total. The van der Waals surface area contributed by atoms with Crippen LogP contribution in [0.5, 0.6) is 0 Å². The minimum atomic E-state index is 0.741. The largest absolute Gasteiger partial charge is 0.330 e. The molecule has 2 aliphatic rings. The second-order valence-corrected chi connectivity index (χ2v) is 6.17. The maximum Gasteiger partial charge on any atom is 0.139 e. The van der Waals surface area contributed by atoms with Crippen LogP contribution >= 0.6 is 0 Å². The van der Waals surface area contributed by atoms with Crippen LogP contribution in [0.1, 0.15) is 36.0 Å². The number of hydrogen-bond donors (Lipinski definition) is 1. The molecule has 102 valence electrons. The van der Waals surface area contributed by atoms with E-state index in [1.807, 2.05) is 0 Å². The van der Waals surface area contributed by atoms with Crippen LogP contribution in [0.4, 0.5) is 5.69 Å². The van der Waals surface area contributed by atoms with Gasteiger partial charge in [0.2, 0.25) is 0 Å². The zero-order chi connectivity index (χ0) is 13.3. The van der Waals surface area contributed by atoms with Crippen LogP contribution < -0.4 is 10.2 Å². The highest BCUT2D eigenvalue weighted by molar-refractivity contribution is 5.69. The maximum atomic E-state index is 5.57. The van der Waals surface area contributed by atoms with Crippen molar-refractivity contribution in [2.75, 3.05) is 26.7 Å². The Labute approximate surface area is 116 Å². The monoisotopic (exact) mass is 257 g/mol. The lowest BCUT2D eigenvalue weighted by atomic mass is 9.87. The van der Waals surface area contributed by atoms with Crippen molar-refractivity contribution in [2.45, 2.75) is 32.1 Å². The van der Waals surface area contributed by atoms with Gasteiger partial charge in [0, 0.05) is 24.0 Å². The summed E-state index contributed by atoms with van der Waals surface area (Å²) in [6.45, 7) is 3.37. The second kappa shape index (κ2) is 5.10. The van der Waals surface area contributed by atoms with Crippen LogP contribution in [0.3, 0.4) is 0 Å². The fourth-order valence-corrected chi connectivity index (χ4v) is 3.86. The number of aryl methyl sites for hydroxylation is 1. The molecule has 2 heteroatoms. The van der Waals surface area contributed by atoms with Crippen molar-refractivity contribution in [1.82, 2.24) is 4.48 Å². The Bertz CT molecular complexity index is 500. The van der Waals surface area contributed by atoms with Gasteiger partial charge in [-0.1, -0.05) is 24.3 Å². The summed E-state index contributed by atoms with van der Waals surface area (Å²) in [4.78, 5) is 0. The van der Waals surface area contributed by atoms with Gasteiger partial charge in [0.25, 0.3) is 0 Å². The van der Waals surface area contributed by atoms with Crippen molar-refractivity contribution in [3.63, 3.8) is 0 Å². The Hall–Kier alpha value is -1.12. The lowest BCUT2D eigenvalue weighted by Gasteiger charge is -2.43. The summed E-state index contributed by atoms with van der Waals surface area (Å²) < 4.78 is 1.17. The van der Waals surface area contributed by atoms with E-state index >= 15 is 0 Å². The zero-order valence-corrected chi connectivity index (χ0v) is 12.0. The van der Waals surface area contributed by atoms with Gasteiger partial charge in [0.1, 0.15) is 5.69 Å². The predicted octanol–water partition coefficient (Wildman–Crippen LogP) is 2.88. The summed E-state index contributed by atoms with van der Waals surface area (Å²) in [5.41, 5.74) is 11.9. The van der Waals surface area contributed by atoms with Crippen molar-refractivity contribution in [3.8, 4) is 0 Å². The van der Waals surface area contributed by atoms with Crippen molar-refractivity contribution in [3.05, 3.63) is 34.9 Å². The minimum Gasteiger partial charge on any atom is -0.330 e. The summed E-state index contributed by atoms with van der Waals surface area (Å²) in [6, 6.07) is 4.68. The topological polar surface area (TPSA) is 26.0 Å². The van der Waals surface area contributed by atoms with E-state index in [-0.39, 0.29) is 0 Å². The summed E-state index contributed by atoms with van der Waals surface area (Å²) in [7, 11) is 2.42. The van der Waals surface area contributed by atoms with Crippen molar-refractivity contribution >= 4 is 11.8 Å². The number of quaternary nitrogens is 1. The predicted molar refractivity (Wildman–Crippen MR) is 83.2 cm³/mol. The van der Waals surface area contributed by atoms with E-state index in [0.717, 1.165) is 13.0 Å². The molecule has 2 heterocycles. The van der Waals surface area contributed by atoms with Gasteiger partial charge >= 0.3 is 0 Å². The van der Waals surface area contributed by atoms with E-state index in [2.05, 4.69) is 31.3 Å². The molecule has 0 saturated heterocycles. The average molecular weight is 257 g/mol. The van der Waals surface area contributed by atoms with Gasteiger partial charge < -0.3 is 5.73 Å². The SMILES string of the molecule is C[N+]12CCCc3ccc(/C=C/CCN)c(c31)CCC2. The van der Waals surface area contributed by atoms with Crippen LogP contribution in [-0.2, 0) is 12.8 Å². The minimum absolute atomic E-state index is 0.741. The van der Waals surface area contributed by atoms with Crippen LogP contribution in [0.15, 0.2) is 18.2 Å². The molecule has 0 saturated carbocycles. The third-order valence-electron chi connectivity index (χ3n) is 4.75. The highest BCUT2D eigenvalue weighted by Crippen LogP contribution is 2.41. The van der Waals surface area contributed by atoms with E-state index in [1.54, 1.807) is 16.8 Å². The number of hydrogen-bond acceptors (Lipinski definition) is 1. The molecule has 1 atom stereocenters. The first-order valence-electron chi connectivity index (χ1n) is 7.61. The fourth-order valence-electron chi connectivity index (χ4n) is 3.86. The smallest absolute Gasteiger partial charge is 0.139 e. The molecule has 1 unspecified atom stereocenters. The van der Waals surface area contributed by atoms with Gasteiger partial charge in [-0.15, -0.1) is 0 Å². The average Bonchev–Trinajstić information content (AvgIpc) is 2.41. The fraction of sp³-hybridized carbons (Fsp3) is 0.529. The van der Waals surface area contributed by atoms with Gasteiger partial charge in [0.05, 0.1) is 20.1 Å². The van der Waals surface area contributed by atoms with E-state index in [1.165, 1.54) is 48.8 Å². The summed E-state index contributed by atoms with van der Waals surface area (Å²) >= 11 is 0. The van der Waals surface area contributed by atoms with Gasteiger partial charge in [-0.05, 0) is 31.4 Å². The summed E-state index contributed by atoms with van der Waals surface area (Å²) in [5.74, 6) is 0. The van der Waals surface area contributed by atoms with Crippen LogP contribution in [0.25, 0.3) is 6.08 Å². The lowest BCUT2D eigenvalue weighted by molar-refractivity contribution is 0.288. The Morgan fingerprint density at radius 2 is 2.00 bits per heavy atom. The molecule has 0 bridgehead atoms. The third kappa shape index (κ3) is 2.24. The van der Waals surface area contributed by atoms with E-state index < -0.39 is 0 Å². The number of benzene rings is 1. The maximum absolute atomic E-state index is 5.57. The standard InChI is InChI=1S/C17H25N2/c1-19-12-4-7-15-10-9-14(6-2-3-11-18)16(17(15)19)8-5-13-19/h2,6,9-10H,3-5,7-8,11-13,18H2,1H3/q+1/b6-2+. The first kappa shape index (κ1) is 12.9. The third-order valence-corrected chi connectivity index (χ3v) is 4.75. The molecule has 0 amide bonds. The number of nitrogens with zero attached hydrogens (tertiary/aromatic N) is 1. The molecular weight excluding hydrogens is 232 g/mol. The molecule has 19 heavy (non-hydrogen) atoms. The number of nitrogens with two attached hydrogens (primary N) is 1. The molecule has 0 aliphatic carbocycles. The van der Waals surface area contributed by atoms with Gasteiger partial charge in [0.15, 0.2) is 0 Å². The van der Waals surface area contributed by atoms with E-state index in [4.69, 9.17) is 5.73 Å². The molecular formula is C17H25N2+. The Morgan fingerprint density at radius 3 is 2.79 bits per heavy atom.